The first kappa shape index (κ1) is 10.9. The first-order valence-electron chi connectivity index (χ1n) is 6.24. The summed E-state index contributed by atoms with van der Waals surface area (Å²) in [7, 11) is 0. The number of carboxylic acids is 1. The predicted octanol–water partition coefficient (Wildman–Crippen LogP) is 2.12. The summed E-state index contributed by atoms with van der Waals surface area (Å²) >= 11 is 0. The van der Waals surface area contributed by atoms with Crippen LogP contribution in [0.4, 0.5) is 0 Å². The number of rotatable bonds is 2. The average Bonchev–Trinajstić information content (AvgIpc) is 2.30. The van der Waals surface area contributed by atoms with Crippen LogP contribution in [0.3, 0.4) is 0 Å². The number of piperidine rings is 1. The molecule has 1 saturated carbocycles. The predicted molar refractivity (Wildman–Crippen MR) is 58.8 cm³/mol. The van der Waals surface area contributed by atoms with Crippen LogP contribution in [-0.4, -0.2) is 35.1 Å². The molecule has 2 unspecified atom stereocenters. The van der Waals surface area contributed by atoms with E-state index in [9.17, 15) is 4.79 Å². The normalized spacial score (nSPS) is 33.9. The van der Waals surface area contributed by atoms with Crippen LogP contribution in [0, 0.1) is 5.92 Å². The number of carboxylic acid groups (broad SMARTS) is 1. The number of carbonyl (C=O) groups is 1. The van der Waals surface area contributed by atoms with Crippen molar-refractivity contribution in [2.75, 3.05) is 13.1 Å². The molecule has 86 valence electrons. The maximum absolute atomic E-state index is 11.0. The van der Waals surface area contributed by atoms with Gasteiger partial charge in [-0.2, -0.15) is 0 Å². The van der Waals surface area contributed by atoms with Crippen molar-refractivity contribution in [3.63, 3.8) is 0 Å². The van der Waals surface area contributed by atoms with Crippen molar-refractivity contribution >= 4 is 5.97 Å². The molecule has 1 N–H and O–H groups in total. The van der Waals surface area contributed by atoms with Crippen molar-refractivity contribution in [3.8, 4) is 0 Å². The lowest BCUT2D eigenvalue weighted by atomic mass is 9.84. The monoisotopic (exact) mass is 211 g/mol. The van der Waals surface area contributed by atoms with Gasteiger partial charge in [0, 0.05) is 6.04 Å². The second-order valence-electron chi connectivity index (χ2n) is 4.95. The van der Waals surface area contributed by atoms with Gasteiger partial charge in [-0.05, 0) is 45.2 Å². The van der Waals surface area contributed by atoms with Gasteiger partial charge in [0.25, 0.3) is 0 Å². The molecule has 0 spiro atoms. The smallest absolute Gasteiger partial charge is 0.306 e. The Morgan fingerprint density at radius 3 is 2.47 bits per heavy atom. The van der Waals surface area contributed by atoms with E-state index >= 15 is 0 Å². The number of hydrogen-bond acceptors (Lipinski definition) is 2. The lowest BCUT2D eigenvalue weighted by molar-refractivity contribution is -0.143. The van der Waals surface area contributed by atoms with Crippen molar-refractivity contribution in [2.45, 2.75) is 51.0 Å². The van der Waals surface area contributed by atoms with Gasteiger partial charge < -0.3 is 10.0 Å². The average molecular weight is 211 g/mol. The fraction of sp³-hybridized carbons (Fsp3) is 0.917. The molecule has 2 rings (SSSR count). The molecule has 15 heavy (non-hydrogen) atoms. The SMILES string of the molecule is O=C(O)C1CCCC(N2CCCCC2)C1. The number of likely N-dealkylation sites (tertiary alicyclic amines) is 1. The minimum absolute atomic E-state index is 0.0781. The first-order chi connectivity index (χ1) is 7.27. The van der Waals surface area contributed by atoms with Gasteiger partial charge in [-0.25, -0.2) is 0 Å². The van der Waals surface area contributed by atoms with E-state index in [1.807, 2.05) is 0 Å². The van der Waals surface area contributed by atoms with Gasteiger partial charge in [0.15, 0.2) is 0 Å². The summed E-state index contributed by atoms with van der Waals surface area (Å²) in [4.78, 5) is 13.5. The van der Waals surface area contributed by atoms with Gasteiger partial charge in [-0.15, -0.1) is 0 Å². The molecule has 1 aliphatic carbocycles. The molecule has 1 heterocycles. The Hall–Kier alpha value is -0.570. The summed E-state index contributed by atoms with van der Waals surface area (Å²) in [6.07, 6.45) is 8.03. The molecule has 0 amide bonds. The van der Waals surface area contributed by atoms with Crippen LogP contribution < -0.4 is 0 Å². The zero-order valence-electron chi connectivity index (χ0n) is 9.32. The largest absolute Gasteiger partial charge is 0.481 e. The highest BCUT2D eigenvalue weighted by Crippen LogP contribution is 2.29. The molecule has 1 aliphatic heterocycles. The summed E-state index contributed by atoms with van der Waals surface area (Å²) in [5.74, 6) is -0.664. The van der Waals surface area contributed by atoms with Crippen LogP contribution in [0.2, 0.25) is 0 Å². The van der Waals surface area contributed by atoms with Crippen LogP contribution in [0.5, 0.6) is 0 Å². The molecule has 3 nitrogen and oxygen atoms in total. The van der Waals surface area contributed by atoms with E-state index in [2.05, 4.69) is 4.90 Å². The lowest BCUT2D eigenvalue weighted by Gasteiger charge is -2.38. The highest BCUT2D eigenvalue weighted by atomic mass is 16.4. The third kappa shape index (κ3) is 2.71. The quantitative estimate of drug-likeness (QED) is 0.760. The maximum atomic E-state index is 11.0. The highest BCUT2D eigenvalue weighted by Gasteiger charge is 2.30. The summed E-state index contributed by atoms with van der Waals surface area (Å²) in [5.41, 5.74) is 0. The molecule has 1 saturated heterocycles. The third-order valence-corrected chi connectivity index (χ3v) is 3.90. The van der Waals surface area contributed by atoms with Crippen molar-refractivity contribution in [1.29, 1.82) is 0 Å². The van der Waals surface area contributed by atoms with E-state index in [-0.39, 0.29) is 5.92 Å². The van der Waals surface area contributed by atoms with Gasteiger partial charge in [0.05, 0.1) is 5.92 Å². The Morgan fingerprint density at radius 2 is 1.80 bits per heavy atom. The molecule has 3 heteroatoms. The van der Waals surface area contributed by atoms with Crippen LogP contribution in [0.15, 0.2) is 0 Å². The third-order valence-electron chi connectivity index (χ3n) is 3.90. The molecule has 2 fully saturated rings. The van der Waals surface area contributed by atoms with E-state index in [1.165, 1.54) is 38.8 Å². The van der Waals surface area contributed by atoms with E-state index < -0.39 is 5.97 Å². The van der Waals surface area contributed by atoms with Gasteiger partial charge in [0.1, 0.15) is 0 Å². The Labute approximate surface area is 91.5 Å². The first-order valence-corrected chi connectivity index (χ1v) is 6.24. The lowest BCUT2D eigenvalue weighted by Crippen LogP contribution is -2.42. The van der Waals surface area contributed by atoms with Crippen molar-refractivity contribution in [1.82, 2.24) is 4.90 Å². The Kier molecular flexibility index (Phi) is 3.62. The number of nitrogens with zero attached hydrogens (tertiary/aromatic N) is 1. The minimum atomic E-state index is -0.586. The summed E-state index contributed by atoms with van der Waals surface area (Å²) in [6, 6.07) is 0.556. The van der Waals surface area contributed by atoms with Crippen molar-refractivity contribution < 1.29 is 9.90 Å². The fourth-order valence-electron chi connectivity index (χ4n) is 3.00. The molecule has 2 aliphatic rings. The maximum Gasteiger partial charge on any atom is 0.306 e. The molecule has 0 radical (unpaired) electrons. The summed E-state index contributed by atoms with van der Waals surface area (Å²) < 4.78 is 0. The van der Waals surface area contributed by atoms with Crippen molar-refractivity contribution in [2.24, 2.45) is 5.92 Å². The van der Waals surface area contributed by atoms with Crippen LogP contribution in [-0.2, 0) is 4.79 Å². The summed E-state index contributed by atoms with van der Waals surface area (Å²) in [6.45, 7) is 2.38. The molecule has 0 aromatic heterocycles. The van der Waals surface area contributed by atoms with Crippen LogP contribution in [0.1, 0.15) is 44.9 Å². The summed E-state index contributed by atoms with van der Waals surface area (Å²) in [5, 5.41) is 9.04. The molecule has 0 aromatic carbocycles. The molecule has 0 aromatic rings. The van der Waals surface area contributed by atoms with E-state index in [0.717, 1.165) is 19.3 Å². The van der Waals surface area contributed by atoms with Gasteiger partial charge in [-0.3, -0.25) is 4.79 Å². The number of hydrogen-bond donors (Lipinski definition) is 1. The standard InChI is InChI=1S/C12H21NO2/c14-12(15)10-5-4-6-11(9-10)13-7-2-1-3-8-13/h10-11H,1-9H2,(H,14,15). The van der Waals surface area contributed by atoms with Crippen molar-refractivity contribution in [3.05, 3.63) is 0 Å². The minimum Gasteiger partial charge on any atom is -0.481 e. The van der Waals surface area contributed by atoms with E-state index in [4.69, 9.17) is 5.11 Å². The Morgan fingerprint density at radius 1 is 1.07 bits per heavy atom. The van der Waals surface area contributed by atoms with E-state index in [0.29, 0.717) is 6.04 Å². The number of aliphatic carboxylic acids is 1. The zero-order valence-corrected chi connectivity index (χ0v) is 9.32. The van der Waals surface area contributed by atoms with Crippen LogP contribution >= 0.6 is 0 Å². The fourth-order valence-corrected chi connectivity index (χ4v) is 3.00. The molecule has 2 atom stereocenters. The van der Waals surface area contributed by atoms with E-state index in [1.54, 1.807) is 0 Å². The molecular weight excluding hydrogens is 190 g/mol. The molecular formula is C12H21NO2. The second kappa shape index (κ2) is 4.97. The second-order valence-corrected chi connectivity index (χ2v) is 4.95. The Bertz CT molecular complexity index is 224. The highest BCUT2D eigenvalue weighted by molar-refractivity contribution is 5.70. The van der Waals surface area contributed by atoms with Crippen LogP contribution in [0.25, 0.3) is 0 Å². The Balaban J connectivity index is 1.88. The molecule has 0 bridgehead atoms. The zero-order chi connectivity index (χ0) is 10.7. The van der Waals surface area contributed by atoms with Gasteiger partial charge >= 0.3 is 5.97 Å². The topological polar surface area (TPSA) is 40.5 Å². The van der Waals surface area contributed by atoms with Gasteiger partial charge in [0.2, 0.25) is 0 Å². The van der Waals surface area contributed by atoms with Gasteiger partial charge in [-0.1, -0.05) is 12.8 Å².